The highest BCUT2D eigenvalue weighted by Crippen LogP contribution is 2.33. The lowest BCUT2D eigenvalue weighted by molar-refractivity contribution is -0.132. The van der Waals surface area contributed by atoms with Crippen LogP contribution >= 0.6 is 0 Å². The quantitative estimate of drug-likeness (QED) is 0.299. The zero-order chi connectivity index (χ0) is 28.8. The average molecular weight is 552 g/mol. The number of hydrogen-bond acceptors (Lipinski definition) is 3. The smallest absolute Gasteiger partial charge is 0.318 e. The monoisotopic (exact) mass is 551 g/mol. The molecule has 3 aromatic carbocycles. The fourth-order valence-corrected chi connectivity index (χ4v) is 5.83. The molecule has 1 aromatic heterocycles. The van der Waals surface area contributed by atoms with Gasteiger partial charge in [0.05, 0.1) is 5.54 Å². The summed E-state index contributed by atoms with van der Waals surface area (Å²) in [5, 5.41) is 7.25. The minimum absolute atomic E-state index is 0.0994. The van der Waals surface area contributed by atoms with Crippen molar-refractivity contribution in [3.05, 3.63) is 108 Å². The van der Waals surface area contributed by atoms with Gasteiger partial charge in [0.2, 0.25) is 11.8 Å². The summed E-state index contributed by atoms with van der Waals surface area (Å²) in [4.78, 5) is 46.2. The predicted molar refractivity (Wildman–Crippen MR) is 160 cm³/mol. The van der Waals surface area contributed by atoms with Crippen LogP contribution in [-0.4, -0.2) is 58.8 Å². The van der Waals surface area contributed by atoms with Gasteiger partial charge in [0.1, 0.15) is 6.04 Å². The number of likely N-dealkylation sites (tertiary alicyclic amines) is 1. The van der Waals surface area contributed by atoms with Crippen molar-refractivity contribution in [1.29, 1.82) is 0 Å². The Morgan fingerprint density at radius 3 is 2.24 bits per heavy atom. The summed E-state index contributed by atoms with van der Waals surface area (Å²) in [6.07, 6.45) is 3.44. The van der Waals surface area contributed by atoms with Gasteiger partial charge in [-0.1, -0.05) is 78.9 Å². The third kappa shape index (κ3) is 6.43. The summed E-state index contributed by atoms with van der Waals surface area (Å²) >= 11 is 0. The Hall–Kier alpha value is -4.59. The third-order valence-corrected chi connectivity index (χ3v) is 7.98. The lowest BCUT2D eigenvalue weighted by atomic mass is 9.81. The molecule has 8 nitrogen and oxygen atoms in total. The molecule has 1 atom stereocenters. The van der Waals surface area contributed by atoms with Crippen molar-refractivity contribution in [3.63, 3.8) is 0 Å². The summed E-state index contributed by atoms with van der Waals surface area (Å²) in [6, 6.07) is 26.7. The number of rotatable bonds is 8. The molecule has 0 radical (unpaired) electrons. The highest BCUT2D eigenvalue weighted by Gasteiger charge is 2.39. The van der Waals surface area contributed by atoms with Crippen molar-refractivity contribution in [2.24, 2.45) is 0 Å². The number of nitrogens with zero attached hydrogens (tertiary/aromatic N) is 2. The number of carbonyl (C=O) groups excluding carboxylic acids is 3. The van der Waals surface area contributed by atoms with E-state index in [1.165, 1.54) is 6.92 Å². The summed E-state index contributed by atoms with van der Waals surface area (Å²) in [6.45, 7) is 2.88. The van der Waals surface area contributed by atoms with Crippen LogP contribution < -0.4 is 10.6 Å². The molecule has 4 amide bonds. The van der Waals surface area contributed by atoms with Crippen molar-refractivity contribution in [2.75, 3.05) is 20.1 Å². The highest BCUT2D eigenvalue weighted by molar-refractivity contribution is 5.89. The van der Waals surface area contributed by atoms with Crippen LogP contribution in [0.4, 0.5) is 4.79 Å². The van der Waals surface area contributed by atoms with Crippen LogP contribution in [0.25, 0.3) is 10.9 Å². The molecule has 2 heterocycles. The standard InChI is InChI=1S/C33H37N5O3/c1-24(39)36-33(27-13-7-4-8-14-27)17-19-38(20-18-33)32(41)35-30(21-26-22-34-29-16-10-9-15-28(26)29)31(40)37(2)23-25-11-5-3-6-12-25/h3-16,22,30,34H,17-21,23H2,1-2H3,(H,35,41)(H,36,39)/t30-/m0/s1. The minimum Gasteiger partial charge on any atom is -0.361 e. The molecule has 0 aliphatic carbocycles. The van der Waals surface area contributed by atoms with Crippen LogP contribution in [0, 0.1) is 0 Å². The Balaban J connectivity index is 1.33. The molecule has 4 aromatic rings. The maximum Gasteiger partial charge on any atom is 0.318 e. The lowest BCUT2D eigenvalue weighted by Crippen LogP contribution is -2.57. The van der Waals surface area contributed by atoms with Gasteiger partial charge >= 0.3 is 6.03 Å². The van der Waals surface area contributed by atoms with Crippen LogP contribution in [0.3, 0.4) is 0 Å². The number of urea groups is 1. The van der Waals surface area contributed by atoms with Gasteiger partial charge in [0, 0.05) is 57.1 Å². The zero-order valence-corrected chi connectivity index (χ0v) is 23.6. The van der Waals surface area contributed by atoms with Crippen molar-refractivity contribution >= 4 is 28.7 Å². The number of likely N-dealkylation sites (N-methyl/N-ethyl adjacent to an activating group) is 1. The number of nitrogens with one attached hydrogen (secondary N) is 3. The molecule has 1 saturated heterocycles. The topological polar surface area (TPSA) is 97.5 Å². The van der Waals surface area contributed by atoms with Crippen LogP contribution in [0.5, 0.6) is 0 Å². The first-order valence-corrected chi connectivity index (χ1v) is 14.1. The second-order valence-electron chi connectivity index (χ2n) is 10.9. The Morgan fingerprint density at radius 1 is 0.927 bits per heavy atom. The zero-order valence-electron chi connectivity index (χ0n) is 23.6. The molecule has 8 heteroatoms. The average Bonchev–Trinajstić information content (AvgIpc) is 3.40. The SMILES string of the molecule is CC(=O)NC1(c2ccccc2)CCN(C(=O)N[C@@H](Cc2c[nH]c3ccccc23)C(=O)N(C)Cc2ccccc2)CC1. The lowest BCUT2D eigenvalue weighted by Gasteiger charge is -2.43. The number of fused-ring (bicyclic) bond motifs is 1. The van der Waals surface area contributed by atoms with Gasteiger partial charge in [0.15, 0.2) is 0 Å². The van der Waals surface area contributed by atoms with Gasteiger partial charge in [-0.3, -0.25) is 9.59 Å². The molecule has 41 heavy (non-hydrogen) atoms. The number of amides is 4. The third-order valence-electron chi connectivity index (χ3n) is 7.98. The molecule has 0 unspecified atom stereocenters. The van der Waals surface area contributed by atoms with Crippen LogP contribution in [0.1, 0.15) is 36.5 Å². The second kappa shape index (κ2) is 12.3. The van der Waals surface area contributed by atoms with E-state index in [0.717, 1.165) is 27.6 Å². The van der Waals surface area contributed by atoms with Gasteiger partial charge in [-0.2, -0.15) is 0 Å². The number of aromatic nitrogens is 1. The summed E-state index contributed by atoms with van der Waals surface area (Å²) < 4.78 is 0. The van der Waals surface area contributed by atoms with E-state index in [1.807, 2.05) is 91.1 Å². The van der Waals surface area contributed by atoms with Crippen LogP contribution in [0.2, 0.25) is 0 Å². The Morgan fingerprint density at radius 2 is 1.56 bits per heavy atom. The Kier molecular flexibility index (Phi) is 8.38. The fourth-order valence-electron chi connectivity index (χ4n) is 5.83. The van der Waals surface area contributed by atoms with E-state index in [9.17, 15) is 14.4 Å². The molecule has 0 saturated carbocycles. The number of piperidine rings is 1. The number of H-pyrrole nitrogens is 1. The van der Waals surface area contributed by atoms with Crippen LogP contribution in [0.15, 0.2) is 91.1 Å². The van der Waals surface area contributed by atoms with Crippen molar-refractivity contribution < 1.29 is 14.4 Å². The first-order chi connectivity index (χ1) is 19.8. The Labute approximate surface area is 240 Å². The summed E-state index contributed by atoms with van der Waals surface area (Å²) in [7, 11) is 1.77. The minimum atomic E-state index is -0.744. The Bertz CT molecular complexity index is 1490. The molecular formula is C33H37N5O3. The first kappa shape index (κ1) is 28.0. The van der Waals surface area contributed by atoms with Gasteiger partial charge < -0.3 is 25.4 Å². The molecule has 1 aliphatic heterocycles. The van der Waals surface area contributed by atoms with E-state index in [-0.39, 0.29) is 17.8 Å². The molecule has 0 bridgehead atoms. The fraction of sp³-hybridized carbons (Fsp3) is 0.303. The van der Waals surface area contributed by atoms with Crippen molar-refractivity contribution in [2.45, 2.75) is 44.3 Å². The van der Waals surface area contributed by atoms with Crippen molar-refractivity contribution in [3.8, 4) is 0 Å². The molecular weight excluding hydrogens is 514 g/mol. The molecule has 1 fully saturated rings. The van der Waals surface area contributed by atoms with Gasteiger partial charge in [0.25, 0.3) is 0 Å². The number of para-hydroxylation sites is 1. The molecule has 5 rings (SSSR count). The van der Waals surface area contributed by atoms with E-state index < -0.39 is 11.6 Å². The second-order valence-corrected chi connectivity index (χ2v) is 10.9. The molecule has 212 valence electrons. The number of benzene rings is 3. The summed E-state index contributed by atoms with van der Waals surface area (Å²) in [5.74, 6) is -0.251. The van der Waals surface area contributed by atoms with E-state index in [4.69, 9.17) is 0 Å². The molecule has 1 aliphatic rings. The van der Waals surface area contributed by atoms with Crippen LogP contribution in [-0.2, 0) is 28.1 Å². The predicted octanol–water partition coefficient (Wildman–Crippen LogP) is 4.57. The van der Waals surface area contributed by atoms with E-state index in [0.29, 0.717) is 38.9 Å². The number of hydrogen-bond donors (Lipinski definition) is 3. The normalized spacial score (nSPS) is 15.2. The molecule has 0 spiro atoms. The summed E-state index contributed by atoms with van der Waals surface area (Å²) in [5.41, 5.74) is 3.49. The first-order valence-electron chi connectivity index (χ1n) is 14.1. The number of carbonyl (C=O) groups is 3. The van der Waals surface area contributed by atoms with Crippen molar-refractivity contribution in [1.82, 2.24) is 25.4 Å². The van der Waals surface area contributed by atoms with E-state index in [1.54, 1.807) is 16.8 Å². The maximum atomic E-state index is 13.8. The van der Waals surface area contributed by atoms with E-state index >= 15 is 0 Å². The molecule has 3 N–H and O–H groups in total. The van der Waals surface area contributed by atoms with Gasteiger partial charge in [-0.15, -0.1) is 0 Å². The van der Waals surface area contributed by atoms with E-state index in [2.05, 4.69) is 15.6 Å². The maximum absolute atomic E-state index is 13.8. The largest absolute Gasteiger partial charge is 0.361 e. The highest BCUT2D eigenvalue weighted by atomic mass is 16.2. The number of aromatic amines is 1. The van der Waals surface area contributed by atoms with Gasteiger partial charge in [-0.05, 0) is 35.6 Å². The van der Waals surface area contributed by atoms with Gasteiger partial charge in [-0.25, -0.2) is 4.79 Å².